The lowest BCUT2D eigenvalue weighted by Gasteiger charge is -2.06. The molecule has 0 fully saturated rings. The van der Waals surface area contributed by atoms with Gasteiger partial charge in [0.15, 0.2) is 0 Å². The van der Waals surface area contributed by atoms with Gasteiger partial charge in [-0.25, -0.2) is 4.79 Å². The summed E-state index contributed by atoms with van der Waals surface area (Å²) < 4.78 is 10.7. The van der Waals surface area contributed by atoms with Gasteiger partial charge in [-0.05, 0) is 40.8 Å². The van der Waals surface area contributed by atoms with Crippen LogP contribution < -0.4 is 4.74 Å². The van der Waals surface area contributed by atoms with Gasteiger partial charge in [0, 0.05) is 0 Å². The first kappa shape index (κ1) is 11.9. The van der Waals surface area contributed by atoms with Gasteiger partial charge >= 0.3 is 5.97 Å². The predicted molar refractivity (Wildman–Crippen MR) is 64.8 cm³/mol. The number of ether oxygens (including phenoxy) is 2. The van der Waals surface area contributed by atoms with Crippen LogP contribution in [0.25, 0.3) is 0 Å². The largest absolute Gasteiger partial charge is 0.480 e. The Morgan fingerprint density at radius 1 is 1.60 bits per heavy atom. The SMILES string of the molecule is C#CCOc1ccc(C(=O)OC)cc1I. The van der Waals surface area contributed by atoms with Crippen LogP contribution in [0.2, 0.25) is 0 Å². The number of benzene rings is 1. The van der Waals surface area contributed by atoms with E-state index in [9.17, 15) is 4.79 Å². The molecule has 0 saturated heterocycles. The maximum Gasteiger partial charge on any atom is 0.337 e. The van der Waals surface area contributed by atoms with Gasteiger partial charge in [-0.1, -0.05) is 5.92 Å². The summed E-state index contributed by atoms with van der Waals surface area (Å²) in [7, 11) is 1.35. The minimum atomic E-state index is -0.364. The summed E-state index contributed by atoms with van der Waals surface area (Å²) in [5.74, 6) is 2.68. The van der Waals surface area contributed by atoms with Gasteiger partial charge in [0.1, 0.15) is 12.4 Å². The first-order valence-electron chi connectivity index (χ1n) is 4.13. The lowest BCUT2D eigenvalue weighted by molar-refractivity contribution is 0.0600. The van der Waals surface area contributed by atoms with Gasteiger partial charge in [-0.2, -0.15) is 0 Å². The average Bonchev–Trinajstić information content (AvgIpc) is 2.26. The zero-order chi connectivity index (χ0) is 11.3. The van der Waals surface area contributed by atoms with Crippen molar-refractivity contribution in [3.8, 4) is 18.1 Å². The zero-order valence-electron chi connectivity index (χ0n) is 8.12. The number of hydrogen-bond donors (Lipinski definition) is 0. The number of halogens is 1. The highest BCUT2D eigenvalue weighted by atomic mass is 127. The third-order valence-corrected chi connectivity index (χ3v) is 2.51. The summed E-state index contributed by atoms with van der Waals surface area (Å²) in [4.78, 5) is 11.2. The summed E-state index contributed by atoms with van der Waals surface area (Å²) >= 11 is 2.07. The first-order chi connectivity index (χ1) is 7.19. The molecule has 4 heteroatoms. The Morgan fingerprint density at radius 2 is 2.33 bits per heavy atom. The van der Waals surface area contributed by atoms with E-state index >= 15 is 0 Å². The van der Waals surface area contributed by atoms with Gasteiger partial charge in [0.25, 0.3) is 0 Å². The topological polar surface area (TPSA) is 35.5 Å². The number of methoxy groups -OCH3 is 1. The van der Waals surface area contributed by atoms with E-state index in [0.717, 1.165) is 3.57 Å². The summed E-state index contributed by atoms with van der Waals surface area (Å²) in [6.45, 7) is 0.216. The maximum atomic E-state index is 11.2. The standard InChI is InChI=1S/C11H9IO3/c1-3-6-15-10-5-4-8(7-9(10)12)11(13)14-2/h1,4-5,7H,6H2,2H3. The molecule has 0 aromatic heterocycles. The molecule has 1 aromatic carbocycles. The Kier molecular flexibility index (Phi) is 4.43. The fourth-order valence-electron chi connectivity index (χ4n) is 0.982. The Hall–Kier alpha value is -1.22. The molecule has 0 bridgehead atoms. The van der Waals surface area contributed by atoms with Crippen molar-refractivity contribution in [1.29, 1.82) is 0 Å². The molecule has 15 heavy (non-hydrogen) atoms. The Balaban J connectivity index is 2.89. The lowest BCUT2D eigenvalue weighted by atomic mass is 10.2. The van der Waals surface area contributed by atoms with Crippen LogP contribution in [0.15, 0.2) is 18.2 Å². The minimum Gasteiger partial charge on any atom is -0.480 e. The number of carbonyl (C=O) groups excluding carboxylic acids is 1. The highest BCUT2D eigenvalue weighted by Crippen LogP contribution is 2.22. The summed E-state index contributed by atoms with van der Waals surface area (Å²) in [5, 5.41) is 0. The van der Waals surface area contributed by atoms with E-state index in [4.69, 9.17) is 11.2 Å². The summed E-state index contributed by atoms with van der Waals surface area (Å²) in [5.41, 5.74) is 0.495. The van der Waals surface area contributed by atoms with Crippen LogP contribution in [0.5, 0.6) is 5.75 Å². The molecule has 0 N–H and O–H groups in total. The van der Waals surface area contributed by atoms with Gasteiger partial charge in [-0.15, -0.1) is 6.42 Å². The van der Waals surface area contributed by atoms with Crippen LogP contribution in [0.4, 0.5) is 0 Å². The van der Waals surface area contributed by atoms with Gasteiger partial charge in [-0.3, -0.25) is 0 Å². The molecule has 0 aliphatic heterocycles. The van der Waals surface area contributed by atoms with E-state index < -0.39 is 0 Å². The van der Waals surface area contributed by atoms with E-state index in [1.54, 1.807) is 18.2 Å². The molecule has 0 unspecified atom stereocenters. The number of esters is 1. The minimum absolute atomic E-state index is 0.216. The number of rotatable bonds is 3. The lowest BCUT2D eigenvalue weighted by Crippen LogP contribution is -2.02. The van der Waals surface area contributed by atoms with Gasteiger partial charge < -0.3 is 9.47 Å². The molecule has 0 atom stereocenters. The average molecular weight is 316 g/mol. The molecule has 0 spiro atoms. The smallest absolute Gasteiger partial charge is 0.337 e. The zero-order valence-corrected chi connectivity index (χ0v) is 10.3. The molecule has 1 aromatic rings. The van der Waals surface area contributed by atoms with Crippen LogP contribution in [0.3, 0.4) is 0 Å². The van der Waals surface area contributed by atoms with Crippen molar-refractivity contribution in [1.82, 2.24) is 0 Å². The van der Waals surface area contributed by atoms with Crippen molar-refractivity contribution in [2.24, 2.45) is 0 Å². The summed E-state index contributed by atoms with van der Waals surface area (Å²) in [6.07, 6.45) is 5.07. The van der Waals surface area contributed by atoms with E-state index in [-0.39, 0.29) is 12.6 Å². The fraction of sp³-hybridized carbons (Fsp3) is 0.182. The van der Waals surface area contributed by atoms with Gasteiger partial charge in [0.05, 0.1) is 16.2 Å². The fourth-order valence-corrected chi connectivity index (χ4v) is 1.65. The Morgan fingerprint density at radius 3 is 2.87 bits per heavy atom. The first-order valence-corrected chi connectivity index (χ1v) is 5.21. The number of carbonyl (C=O) groups is 1. The van der Waals surface area contributed by atoms with Crippen molar-refractivity contribution in [3.05, 3.63) is 27.3 Å². The van der Waals surface area contributed by atoms with E-state index in [2.05, 4.69) is 33.2 Å². The quantitative estimate of drug-likeness (QED) is 0.487. The molecule has 0 heterocycles. The van der Waals surface area contributed by atoms with Crippen LogP contribution >= 0.6 is 22.6 Å². The third kappa shape index (κ3) is 3.13. The monoisotopic (exact) mass is 316 g/mol. The highest BCUT2D eigenvalue weighted by molar-refractivity contribution is 14.1. The molecule has 1 rings (SSSR count). The van der Waals surface area contributed by atoms with Crippen LogP contribution in [0.1, 0.15) is 10.4 Å². The van der Waals surface area contributed by atoms with Crippen molar-refractivity contribution < 1.29 is 14.3 Å². The Labute approximate surface area is 102 Å². The second-order valence-corrected chi connectivity index (χ2v) is 3.79. The van der Waals surface area contributed by atoms with Crippen LogP contribution in [-0.4, -0.2) is 19.7 Å². The van der Waals surface area contributed by atoms with Crippen molar-refractivity contribution in [2.45, 2.75) is 0 Å². The third-order valence-electron chi connectivity index (χ3n) is 1.66. The van der Waals surface area contributed by atoms with Crippen LogP contribution in [0, 0.1) is 15.9 Å². The molecule has 0 radical (unpaired) electrons. The molecule has 0 aliphatic carbocycles. The van der Waals surface area contributed by atoms with E-state index in [0.29, 0.717) is 11.3 Å². The molecular weight excluding hydrogens is 307 g/mol. The molecular formula is C11H9IO3. The van der Waals surface area contributed by atoms with E-state index in [1.165, 1.54) is 7.11 Å². The van der Waals surface area contributed by atoms with Crippen molar-refractivity contribution in [3.63, 3.8) is 0 Å². The number of hydrogen-bond acceptors (Lipinski definition) is 3. The maximum absolute atomic E-state index is 11.2. The second-order valence-electron chi connectivity index (χ2n) is 2.63. The van der Waals surface area contributed by atoms with Crippen molar-refractivity contribution >= 4 is 28.6 Å². The normalized spacial score (nSPS) is 9.13. The predicted octanol–water partition coefficient (Wildman–Crippen LogP) is 2.09. The molecule has 0 aliphatic rings. The Bertz CT molecular complexity index is 407. The summed E-state index contributed by atoms with van der Waals surface area (Å²) in [6, 6.07) is 5.03. The highest BCUT2D eigenvalue weighted by Gasteiger charge is 2.08. The van der Waals surface area contributed by atoms with Gasteiger partial charge in [0.2, 0.25) is 0 Å². The molecule has 0 amide bonds. The molecule has 0 saturated carbocycles. The van der Waals surface area contributed by atoms with Crippen molar-refractivity contribution in [2.75, 3.05) is 13.7 Å². The number of terminal acetylenes is 1. The molecule has 78 valence electrons. The molecule has 3 nitrogen and oxygen atoms in total. The van der Waals surface area contributed by atoms with E-state index in [1.807, 2.05) is 0 Å². The second kappa shape index (κ2) is 5.61. The van der Waals surface area contributed by atoms with Crippen LogP contribution in [-0.2, 0) is 4.74 Å².